The third-order valence-electron chi connectivity index (χ3n) is 6.74. The Morgan fingerprint density at radius 3 is 1.37 bits per heavy atom. The lowest BCUT2D eigenvalue weighted by Crippen LogP contribution is -2.25. The van der Waals surface area contributed by atoms with Gasteiger partial charge in [0.2, 0.25) is 0 Å². The van der Waals surface area contributed by atoms with Gasteiger partial charge in [-0.1, -0.05) is 60.7 Å². The van der Waals surface area contributed by atoms with Crippen molar-refractivity contribution in [3.8, 4) is 11.1 Å². The van der Waals surface area contributed by atoms with Crippen LogP contribution in [0.1, 0.15) is 63.7 Å². The zero-order valence-electron chi connectivity index (χ0n) is 18.6. The lowest BCUT2D eigenvalue weighted by Gasteiger charge is -2.26. The van der Waals surface area contributed by atoms with E-state index >= 15 is 0 Å². The molecule has 3 N–H and O–H groups in total. The molecule has 4 aromatic rings. The highest BCUT2D eigenvalue weighted by molar-refractivity contribution is 6.34. The van der Waals surface area contributed by atoms with Gasteiger partial charge in [-0.05, 0) is 23.3 Å². The van der Waals surface area contributed by atoms with Gasteiger partial charge in [0.05, 0.1) is 11.1 Å². The van der Waals surface area contributed by atoms with Gasteiger partial charge >= 0.3 is 0 Å². The lowest BCUT2D eigenvalue weighted by molar-refractivity contribution is 0.0978. The number of hydrogen-bond donors (Lipinski definition) is 2. The van der Waals surface area contributed by atoms with E-state index in [9.17, 15) is 19.2 Å². The molecular weight excluding hydrogens is 440 g/mol. The second-order valence-corrected chi connectivity index (χ2v) is 8.52. The number of ketones is 4. The Morgan fingerprint density at radius 2 is 0.886 bits per heavy atom. The van der Waals surface area contributed by atoms with E-state index in [1.54, 1.807) is 79.8 Å². The maximum absolute atomic E-state index is 13.7. The second kappa shape index (κ2) is 7.33. The van der Waals surface area contributed by atoms with E-state index in [0.717, 1.165) is 0 Å². The Hall–Kier alpha value is -4.84. The van der Waals surface area contributed by atoms with E-state index in [-0.39, 0.29) is 56.6 Å². The molecule has 0 bridgehead atoms. The largest absolute Gasteiger partial charge is 0.398 e. The van der Waals surface area contributed by atoms with Crippen LogP contribution in [0.2, 0.25) is 0 Å². The molecule has 0 aromatic heterocycles. The summed E-state index contributed by atoms with van der Waals surface area (Å²) in [6.45, 7) is 0. The van der Waals surface area contributed by atoms with Gasteiger partial charge in [-0.3, -0.25) is 19.2 Å². The first-order valence-electron chi connectivity index (χ1n) is 11.1. The van der Waals surface area contributed by atoms with Crippen LogP contribution in [0.3, 0.4) is 0 Å². The zero-order chi connectivity index (χ0) is 24.4. The smallest absolute Gasteiger partial charge is 0.196 e. The van der Waals surface area contributed by atoms with Crippen LogP contribution in [-0.4, -0.2) is 30.2 Å². The molecule has 168 valence electrons. The molecule has 35 heavy (non-hydrogen) atoms. The van der Waals surface area contributed by atoms with Crippen molar-refractivity contribution in [1.29, 1.82) is 0 Å². The average Bonchev–Trinajstić information content (AvgIpc) is 2.89. The fraction of sp³-hybridized carbons (Fsp3) is 0.0345. The van der Waals surface area contributed by atoms with Crippen molar-refractivity contribution in [2.24, 2.45) is 0 Å². The maximum Gasteiger partial charge on any atom is 0.196 e. The molecule has 0 spiro atoms. The van der Waals surface area contributed by atoms with Crippen molar-refractivity contribution in [3.63, 3.8) is 0 Å². The van der Waals surface area contributed by atoms with E-state index in [0.29, 0.717) is 33.5 Å². The summed E-state index contributed by atoms with van der Waals surface area (Å²) < 4.78 is 0. The Labute approximate surface area is 200 Å². The number of benzene rings is 4. The van der Waals surface area contributed by atoms with Gasteiger partial charge in [-0.2, -0.15) is 0 Å². The molecule has 0 atom stereocenters. The minimum atomic E-state index is -0.348. The van der Waals surface area contributed by atoms with Crippen LogP contribution in [0, 0.1) is 0 Å². The van der Waals surface area contributed by atoms with Crippen LogP contribution in [0.15, 0.2) is 72.8 Å². The summed E-state index contributed by atoms with van der Waals surface area (Å²) in [5, 5.41) is 3.00. The normalized spacial score (nSPS) is 13.6. The number of nitrogens with one attached hydrogen (secondary N) is 1. The summed E-state index contributed by atoms with van der Waals surface area (Å²) in [4.78, 5) is 54.3. The number of carbonyl (C=O) groups excluding carboxylic acids is 4. The molecule has 0 radical (unpaired) electrons. The highest BCUT2D eigenvalue weighted by Gasteiger charge is 2.37. The highest BCUT2D eigenvalue weighted by atomic mass is 16.1. The number of anilines is 2. The van der Waals surface area contributed by atoms with Crippen LogP contribution < -0.4 is 11.1 Å². The first-order chi connectivity index (χ1) is 16.9. The number of nitrogen functional groups attached to an aromatic ring is 1. The highest BCUT2D eigenvalue weighted by Crippen LogP contribution is 2.42. The molecule has 0 saturated heterocycles. The second-order valence-electron chi connectivity index (χ2n) is 8.52. The van der Waals surface area contributed by atoms with Crippen LogP contribution in [0.4, 0.5) is 11.4 Å². The van der Waals surface area contributed by atoms with Crippen molar-refractivity contribution in [3.05, 3.63) is 117 Å². The predicted molar refractivity (Wildman–Crippen MR) is 132 cm³/mol. The van der Waals surface area contributed by atoms with Gasteiger partial charge in [-0.15, -0.1) is 0 Å². The third-order valence-corrected chi connectivity index (χ3v) is 6.74. The summed E-state index contributed by atoms with van der Waals surface area (Å²) in [6.07, 6.45) is 0. The van der Waals surface area contributed by atoms with Crippen LogP contribution >= 0.6 is 0 Å². The quantitative estimate of drug-likeness (QED) is 0.369. The minimum absolute atomic E-state index is 0.118. The molecule has 0 fully saturated rings. The first kappa shape index (κ1) is 20.7. The van der Waals surface area contributed by atoms with E-state index in [1.807, 2.05) is 0 Å². The summed E-state index contributed by atoms with van der Waals surface area (Å²) in [7, 11) is 1.68. The number of rotatable bonds is 2. The SMILES string of the molecule is CNc1ccc(-c2ccc(N)c3c2C(=O)c2ccccc2C3=O)c2c1C(=O)c1ccccc1C2=O. The Balaban J connectivity index is 1.69. The van der Waals surface area contributed by atoms with E-state index < -0.39 is 0 Å². The van der Waals surface area contributed by atoms with E-state index in [1.165, 1.54) is 0 Å². The number of fused-ring (bicyclic) bond motifs is 4. The van der Waals surface area contributed by atoms with Crippen molar-refractivity contribution < 1.29 is 19.2 Å². The van der Waals surface area contributed by atoms with Crippen LogP contribution in [0.25, 0.3) is 11.1 Å². The molecule has 2 aliphatic carbocycles. The molecular formula is C29H18N2O4. The van der Waals surface area contributed by atoms with Gasteiger partial charge in [-0.25, -0.2) is 0 Å². The first-order valence-corrected chi connectivity index (χ1v) is 11.1. The fourth-order valence-corrected chi connectivity index (χ4v) is 5.13. The van der Waals surface area contributed by atoms with Crippen molar-refractivity contribution >= 4 is 34.5 Å². The van der Waals surface area contributed by atoms with Crippen molar-refractivity contribution in [2.75, 3.05) is 18.1 Å². The van der Waals surface area contributed by atoms with Crippen LogP contribution in [0.5, 0.6) is 0 Å². The topological polar surface area (TPSA) is 106 Å². The molecule has 6 heteroatoms. The van der Waals surface area contributed by atoms with Crippen LogP contribution in [-0.2, 0) is 0 Å². The average molecular weight is 458 g/mol. The molecule has 6 nitrogen and oxygen atoms in total. The maximum atomic E-state index is 13.7. The molecule has 6 rings (SSSR count). The van der Waals surface area contributed by atoms with Gasteiger partial charge in [0.1, 0.15) is 0 Å². The summed E-state index contributed by atoms with van der Waals surface area (Å²) >= 11 is 0. The van der Waals surface area contributed by atoms with Gasteiger partial charge in [0.15, 0.2) is 23.1 Å². The Kier molecular flexibility index (Phi) is 4.35. The summed E-state index contributed by atoms with van der Waals surface area (Å²) in [5.41, 5.74) is 9.60. The molecule has 2 aliphatic rings. The number of hydrogen-bond acceptors (Lipinski definition) is 6. The Morgan fingerprint density at radius 1 is 0.486 bits per heavy atom. The molecule has 0 heterocycles. The number of carbonyl (C=O) groups is 4. The third kappa shape index (κ3) is 2.71. The Bertz CT molecular complexity index is 1670. The van der Waals surface area contributed by atoms with Crippen molar-refractivity contribution in [2.45, 2.75) is 0 Å². The lowest BCUT2D eigenvalue weighted by atomic mass is 9.76. The molecule has 4 aromatic carbocycles. The minimum Gasteiger partial charge on any atom is -0.398 e. The molecule has 0 saturated carbocycles. The number of nitrogens with two attached hydrogens (primary N) is 1. The fourth-order valence-electron chi connectivity index (χ4n) is 5.13. The monoisotopic (exact) mass is 458 g/mol. The standard InChI is InChI=1S/C29H18N2O4/c1-31-21-13-11-15(23-25(21)29(35)19-9-5-3-7-17(19)27(23)33)14-10-12-20(30)24-22(14)26(32)16-6-2-4-8-18(16)28(24)34/h2-13,31H,30H2,1H3. The zero-order valence-corrected chi connectivity index (χ0v) is 18.6. The van der Waals surface area contributed by atoms with E-state index in [4.69, 9.17) is 5.73 Å². The molecule has 0 aliphatic heterocycles. The molecule has 0 amide bonds. The van der Waals surface area contributed by atoms with Gasteiger partial charge in [0.25, 0.3) is 0 Å². The van der Waals surface area contributed by atoms with E-state index in [2.05, 4.69) is 5.32 Å². The molecule has 0 unspecified atom stereocenters. The summed E-state index contributed by atoms with van der Waals surface area (Å²) in [5.74, 6) is -1.29. The van der Waals surface area contributed by atoms with Crippen molar-refractivity contribution in [1.82, 2.24) is 0 Å². The predicted octanol–water partition coefficient (Wildman–Crippen LogP) is 4.53. The summed E-state index contributed by atoms with van der Waals surface area (Å²) in [6, 6.07) is 19.9. The van der Waals surface area contributed by atoms with Gasteiger partial charge < -0.3 is 11.1 Å². The van der Waals surface area contributed by atoms with Gasteiger partial charge in [0, 0.05) is 51.8 Å².